The zero-order valence-corrected chi connectivity index (χ0v) is 13.6. The minimum atomic E-state index is -3.11. The molecule has 0 rings (SSSR count). The topological polar surface area (TPSA) is 79.8 Å². The molecule has 6 nitrogen and oxygen atoms in total. The van der Waals surface area contributed by atoms with E-state index in [2.05, 4.69) is 15.6 Å². The Hall–Kier alpha value is -0.820. The average Bonchev–Trinajstić information content (AvgIpc) is 2.26. The fraction of sp³-hybridized carbons (Fsp3) is 0.917. The minimum Gasteiger partial charge on any atom is -0.383 e. The molecule has 0 amide bonds. The summed E-state index contributed by atoms with van der Waals surface area (Å²) in [6.45, 7) is 7.96. The highest BCUT2D eigenvalue weighted by Crippen LogP contribution is 2.15. The summed E-state index contributed by atoms with van der Waals surface area (Å²) < 4.78 is 28.1. The monoisotopic (exact) mass is 293 g/mol. The lowest BCUT2D eigenvalue weighted by Gasteiger charge is -2.21. The van der Waals surface area contributed by atoms with E-state index < -0.39 is 14.6 Å². The van der Waals surface area contributed by atoms with Gasteiger partial charge in [0.1, 0.15) is 0 Å². The summed E-state index contributed by atoms with van der Waals surface area (Å²) >= 11 is 0. The summed E-state index contributed by atoms with van der Waals surface area (Å²) in [5.41, 5.74) is 0. The van der Waals surface area contributed by atoms with Crippen LogP contribution in [0.4, 0.5) is 0 Å². The van der Waals surface area contributed by atoms with Gasteiger partial charge in [0.15, 0.2) is 15.8 Å². The van der Waals surface area contributed by atoms with E-state index in [0.29, 0.717) is 19.1 Å². The van der Waals surface area contributed by atoms with Crippen molar-refractivity contribution in [2.24, 2.45) is 4.99 Å². The number of rotatable bonds is 6. The molecule has 0 aromatic rings. The Morgan fingerprint density at radius 1 is 1.37 bits per heavy atom. The predicted molar refractivity (Wildman–Crippen MR) is 79.4 cm³/mol. The van der Waals surface area contributed by atoms with Gasteiger partial charge in [0.25, 0.3) is 0 Å². The quantitative estimate of drug-likeness (QED) is 0.547. The van der Waals surface area contributed by atoms with Crippen molar-refractivity contribution in [3.05, 3.63) is 0 Å². The second kappa shape index (κ2) is 7.69. The van der Waals surface area contributed by atoms with Crippen LogP contribution in [0, 0.1) is 0 Å². The molecule has 0 fully saturated rings. The van der Waals surface area contributed by atoms with Gasteiger partial charge >= 0.3 is 0 Å². The number of hydrogen-bond acceptors (Lipinski definition) is 4. The summed E-state index contributed by atoms with van der Waals surface area (Å²) in [5, 5.41) is 6.10. The summed E-state index contributed by atoms with van der Waals surface area (Å²) in [5.74, 6) is 0.657. The van der Waals surface area contributed by atoms with Gasteiger partial charge in [-0.25, -0.2) is 8.42 Å². The Kier molecular flexibility index (Phi) is 7.36. The lowest BCUT2D eigenvalue weighted by molar-refractivity contribution is 0.179. The first kappa shape index (κ1) is 18.2. The van der Waals surface area contributed by atoms with Crippen molar-refractivity contribution in [1.82, 2.24) is 10.6 Å². The number of nitrogens with zero attached hydrogens (tertiary/aromatic N) is 1. The third-order valence-corrected chi connectivity index (χ3v) is 5.23. The second-order valence-corrected chi connectivity index (χ2v) is 8.29. The molecule has 0 aliphatic heterocycles. The normalized spacial score (nSPS) is 15.2. The van der Waals surface area contributed by atoms with E-state index in [9.17, 15) is 8.42 Å². The number of ether oxygens (including phenoxy) is 1. The fourth-order valence-corrected chi connectivity index (χ4v) is 2.31. The van der Waals surface area contributed by atoms with Gasteiger partial charge in [-0.05, 0) is 27.7 Å². The zero-order valence-electron chi connectivity index (χ0n) is 12.8. The molecule has 2 N–H and O–H groups in total. The number of aliphatic imine (C=N–C) groups is 1. The van der Waals surface area contributed by atoms with Gasteiger partial charge in [-0.2, -0.15) is 0 Å². The van der Waals surface area contributed by atoms with Crippen molar-refractivity contribution in [2.45, 2.75) is 38.5 Å². The van der Waals surface area contributed by atoms with E-state index >= 15 is 0 Å². The lowest BCUT2D eigenvalue weighted by atomic mass is 10.3. The van der Waals surface area contributed by atoms with E-state index in [-0.39, 0.29) is 11.8 Å². The first-order valence-corrected chi connectivity index (χ1v) is 7.97. The van der Waals surface area contributed by atoms with Gasteiger partial charge in [0, 0.05) is 26.7 Å². The van der Waals surface area contributed by atoms with Crippen LogP contribution in [-0.4, -0.2) is 58.2 Å². The molecule has 114 valence electrons. The summed E-state index contributed by atoms with van der Waals surface area (Å²) in [7, 11) is 0.165. The van der Waals surface area contributed by atoms with Crippen LogP contribution in [0.15, 0.2) is 4.99 Å². The van der Waals surface area contributed by atoms with Crippen LogP contribution in [-0.2, 0) is 14.6 Å². The standard InChI is InChI=1S/C12H27N3O3S/c1-10(9-18-6)15-11(13-5)14-7-8-19(16,17)12(2,3)4/h10H,7-9H2,1-6H3,(H2,13,14,15). The molecule has 0 heterocycles. The number of methoxy groups -OCH3 is 1. The molecule has 7 heteroatoms. The first-order chi connectivity index (χ1) is 8.64. The summed E-state index contributed by atoms with van der Waals surface area (Å²) in [6.07, 6.45) is 0. The zero-order chi connectivity index (χ0) is 15.1. The highest BCUT2D eigenvalue weighted by molar-refractivity contribution is 7.92. The third kappa shape index (κ3) is 6.77. The van der Waals surface area contributed by atoms with Crippen molar-refractivity contribution in [3.63, 3.8) is 0 Å². The number of hydrogen-bond donors (Lipinski definition) is 2. The van der Waals surface area contributed by atoms with Crippen molar-refractivity contribution >= 4 is 15.8 Å². The molecule has 19 heavy (non-hydrogen) atoms. The Balaban J connectivity index is 4.26. The maximum Gasteiger partial charge on any atom is 0.191 e. The number of sulfone groups is 1. The molecule has 0 saturated heterocycles. The van der Waals surface area contributed by atoms with Crippen LogP contribution in [0.25, 0.3) is 0 Å². The van der Waals surface area contributed by atoms with E-state index in [1.54, 1.807) is 34.9 Å². The molecule has 1 unspecified atom stereocenters. The molecular weight excluding hydrogens is 266 g/mol. The summed E-state index contributed by atoms with van der Waals surface area (Å²) in [6, 6.07) is 0.107. The largest absolute Gasteiger partial charge is 0.383 e. The van der Waals surface area contributed by atoms with Gasteiger partial charge in [0.2, 0.25) is 0 Å². The minimum absolute atomic E-state index is 0.0792. The predicted octanol–water partition coefficient (Wildman–Crippen LogP) is 0.400. The Labute approximate surface area is 116 Å². The molecule has 0 bridgehead atoms. The number of nitrogens with one attached hydrogen (secondary N) is 2. The highest BCUT2D eigenvalue weighted by atomic mass is 32.2. The van der Waals surface area contributed by atoms with Gasteiger partial charge in [-0.15, -0.1) is 0 Å². The smallest absolute Gasteiger partial charge is 0.191 e. The van der Waals surface area contributed by atoms with Crippen molar-refractivity contribution in [2.75, 3.05) is 33.1 Å². The van der Waals surface area contributed by atoms with Crippen LogP contribution >= 0.6 is 0 Å². The van der Waals surface area contributed by atoms with Gasteiger partial charge < -0.3 is 15.4 Å². The van der Waals surface area contributed by atoms with Gasteiger partial charge in [0.05, 0.1) is 17.1 Å². The molecule has 0 aliphatic rings. The van der Waals surface area contributed by atoms with Crippen LogP contribution < -0.4 is 10.6 Å². The first-order valence-electron chi connectivity index (χ1n) is 6.32. The van der Waals surface area contributed by atoms with E-state index in [1.807, 2.05) is 6.92 Å². The van der Waals surface area contributed by atoms with Crippen molar-refractivity contribution < 1.29 is 13.2 Å². The molecule has 0 radical (unpaired) electrons. The van der Waals surface area contributed by atoms with Gasteiger partial charge in [-0.3, -0.25) is 4.99 Å². The van der Waals surface area contributed by atoms with E-state index in [4.69, 9.17) is 4.74 Å². The molecular formula is C12H27N3O3S. The Bertz CT molecular complexity index is 386. The fourth-order valence-electron chi connectivity index (χ4n) is 1.33. The third-order valence-electron chi connectivity index (χ3n) is 2.62. The summed E-state index contributed by atoms with van der Waals surface area (Å²) in [4.78, 5) is 4.04. The Morgan fingerprint density at radius 3 is 2.37 bits per heavy atom. The highest BCUT2D eigenvalue weighted by Gasteiger charge is 2.28. The van der Waals surface area contributed by atoms with E-state index in [1.165, 1.54) is 0 Å². The molecule has 0 aliphatic carbocycles. The van der Waals surface area contributed by atoms with Gasteiger partial charge in [-0.1, -0.05) is 0 Å². The number of guanidine groups is 1. The molecule has 0 aromatic carbocycles. The van der Waals surface area contributed by atoms with Crippen molar-refractivity contribution in [3.8, 4) is 0 Å². The SMILES string of the molecule is CN=C(NCCS(=O)(=O)C(C)(C)C)NC(C)COC. The van der Waals surface area contributed by atoms with Crippen molar-refractivity contribution in [1.29, 1.82) is 0 Å². The molecule has 0 saturated carbocycles. The average molecular weight is 293 g/mol. The van der Waals surface area contributed by atoms with E-state index in [0.717, 1.165) is 0 Å². The molecule has 0 spiro atoms. The second-order valence-electron chi connectivity index (χ2n) is 5.43. The van der Waals surface area contributed by atoms with Crippen LogP contribution in [0.3, 0.4) is 0 Å². The van der Waals surface area contributed by atoms with Crippen LogP contribution in [0.2, 0.25) is 0 Å². The molecule has 0 aromatic heterocycles. The van der Waals surface area contributed by atoms with Crippen LogP contribution in [0.5, 0.6) is 0 Å². The molecule has 1 atom stereocenters. The maximum absolute atomic E-state index is 11.9. The maximum atomic E-state index is 11.9. The Morgan fingerprint density at radius 2 is 1.95 bits per heavy atom. The van der Waals surface area contributed by atoms with Crippen LogP contribution in [0.1, 0.15) is 27.7 Å². The lowest BCUT2D eigenvalue weighted by Crippen LogP contribution is -2.46.